The zero-order chi connectivity index (χ0) is 108. The van der Waals surface area contributed by atoms with Gasteiger partial charge in [0.05, 0.1) is 50.5 Å². The Labute approximate surface area is 867 Å². The van der Waals surface area contributed by atoms with Crippen LogP contribution in [0.4, 0.5) is 0 Å². The number of hydrogen-bond donors (Lipinski definition) is 3. The van der Waals surface area contributed by atoms with E-state index in [1.807, 2.05) is 97.9 Å². The monoisotopic (exact) mass is 2000 g/mol. The first-order chi connectivity index (χ1) is 66.4. The maximum Gasteiger partial charge on any atom is 0.312 e. The Balaban J connectivity index is 0.000000133. The second kappa shape index (κ2) is 33.2. The van der Waals surface area contributed by atoms with Gasteiger partial charge in [-0.05, 0) is 322 Å². The maximum atomic E-state index is 14.4. The first kappa shape index (κ1) is 109. The standard InChI is InChI=1S/C32H43NO4.C31H44N2O4S.C31H41NO4.C30H44N2O2/c1-27(2)12-14-32(26(36)37-9)15-13-31(7)24(19(32)17-27)21(34)16-23-29(5)18-20(33-8)25(35)28(3,4)22(29)10-11-30(23,31)6;1-26(2)12-14-31(33-38(9,36)37)15-13-30(7)24(19(31)17-26)21(34)16-23-28(5)18-20(32-8)25(35)27(3,4)22(28)10-11-29(23,30)6;1-26(2)11-13-31(25(35)36)14-12-30(7)23(18(31)16-26)20(33)15-22-28(5)17-19(32-8)24(34)27(3,4)21(28)9-10-29(22,30)6;1-25(2)11-13-30(31)14-12-29(7)23(18(30)16-25)20(33)15-22-27(5)17-19(32-8)24(34)26(3,4)21(27)9-10-28(22,29)6/h16,18-19,22,24H,10-15,17H2,1-7,9H3;16,18-19,22,24,33H,10-15,17H2,1-7,9H3;15,17-18,21,23H,9-14,16H2,1-7H3,(H,35,36);17-18,21-23H,9-16,31H2,1-7H3/t19-,22-,24-,29-,30+,31+,32-;19-,22-,24-,28-,29+,30+,31-;18-,21-,23-,28-,29+,30+,31-;18-,21-,22+,23-,27-,28+,29+,30-/m0000/s1. The number of fused-ring (bicyclic) bond motifs is 28. The molecule has 0 radical (unpaired) electrons. The molecular weight excluding hydrogens is 1830 g/mol. The number of nitrogens with zero attached hydrogens (tertiary/aromatic N) is 4. The molecule has 20 aliphatic carbocycles. The molecule has 0 spiro atoms. The van der Waals surface area contributed by atoms with Crippen LogP contribution in [-0.2, 0) is 62.7 Å². The third-order valence-electron chi connectivity index (χ3n) is 49.4. The van der Waals surface area contributed by atoms with Crippen LogP contribution in [0.5, 0.6) is 0 Å². The third kappa shape index (κ3) is 14.7. The number of carbonyl (C=O) groups is 10. The number of aliphatic carboxylic acids is 1. The number of ether oxygens (including phenoxy) is 1. The zero-order valence-corrected chi connectivity index (χ0v) is 94.4. The van der Waals surface area contributed by atoms with Gasteiger partial charge in [0, 0.05) is 79.1 Å². The molecule has 0 aromatic rings. The number of sulfonamides is 1. The van der Waals surface area contributed by atoms with Crippen molar-refractivity contribution in [2.45, 2.75) is 391 Å². The van der Waals surface area contributed by atoms with Gasteiger partial charge in [-0.1, -0.05) is 235 Å². The van der Waals surface area contributed by atoms with E-state index in [1.165, 1.54) is 13.4 Å². The van der Waals surface area contributed by atoms with E-state index in [0.717, 1.165) is 177 Å². The predicted molar refractivity (Wildman–Crippen MR) is 562 cm³/mol. The largest absolute Gasteiger partial charge is 0.481 e. The molecule has 0 bridgehead atoms. The van der Waals surface area contributed by atoms with E-state index in [-0.39, 0.29) is 222 Å². The number of Topliss-reactive ketones (excluding diaryl/α,β-unsaturated/α-hetero) is 5. The minimum Gasteiger partial charge on any atom is -0.481 e. The SMILES string of the molecule is [C-]#[N+]C1=C[C@]2(C)C3=CC(=O)[C@@H]4[C@@H]5CC(C)(C)CC[C@]5(C(=O)O)CC[C@@]4(C)[C@]3(C)CC[C@H]2C(C)(C)C1=O.[C-]#[N+]C1=C[C@]2(C)C3=CC(=O)[C@@H]4[C@@H]5CC(C)(C)CC[C@]5(C(=O)OC)CC[C@@]4(C)[C@]3(C)CC[C@H]2C(C)(C)C1=O.[C-]#[N+]C1=C[C@]2(C)C3=CC(=O)[C@@H]4[C@@H]5CC(C)(C)CC[C@]5(NS(C)(=O)=O)CC[C@@]4(C)[C@]3(C)CC[C@H]2C(C)(C)C1=O.[C-]#[N+]C1=C[C@]2(C)[C@H]3CC(=O)[C@@H]4[C@@H]5CC(C)(C)CC[C@]5(N)CC[C@@]4(C)[C@]3(C)CC[C@H]2C(C)(C)C1=O. The first-order valence-corrected chi connectivity index (χ1v) is 57.3. The minimum absolute atomic E-state index is 0.0116. The second-order valence-corrected chi connectivity index (χ2v) is 61.5. The highest BCUT2D eigenvalue weighted by Crippen LogP contribution is 2.82. The van der Waals surface area contributed by atoms with Gasteiger partial charge in [-0.15, -0.1) is 0 Å². The second-order valence-electron chi connectivity index (χ2n) is 59.7. The van der Waals surface area contributed by atoms with Gasteiger partial charge in [0.25, 0.3) is 0 Å². The van der Waals surface area contributed by atoms with Crippen LogP contribution < -0.4 is 10.5 Å². The summed E-state index contributed by atoms with van der Waals surface area (Å²) in [6, 6.07) is 0. The zero-order valence-electron chi connectivity index (χ0n) is 93.6. The number of carboxylic acid groups (broad SMARTS) is 1. The van der Waals surface area contributed by atoms with E-state index in [0.29, 0.717) is 31.5 Å². The maximum absolute atomic E-state index is 14.4. The van der Waals surface area contributed by atoms with Crippen LogP contribution in [-0.4, -0.2) is 96.2 Å². The van der Waals surface area contributed by atoms with Crippen molar-refractivity contribution >= 4 is 68.2 Å². The number of nitrogens with two attached hydrogens (primary N) is 1. The van der Waals surface area contributed by atoms with Crippen LogP contribution in [0.1, 0.15) is 380 Å². The fourth-order valence-corrected chi connectivity index (χ4v) is 41.7. The van der Waals surface area contributed by atoms with Gasteiger partial charge in [0.2, 0.25) is 32.8 Å². The molecule has 13 fully saturated rings. The van der Waals surface area contributed by atoms with Crippen molar-refractivity contribution in [2.24, 2.45) is 202 Å². The van der Waals surface area contributed by atoms with Crippen LogP contribution in [0.15, 0.2) is 82.0 Å². The fourth-order valence-electron chi connectivity index (χ4n) is 40.6. The van der Waals surface area contributed by atoms with Crippen LogP contribution >= 0.6 is 0 Å². The van der Waals surface area contributed by atoms with Crippen molar-refractivity contribution in [1.29, 1.82) is 0 Å². The number of rotatable bonds is 4. The number of methoxy groups -OCH3 is 1. The minimum atomic E-state index is -3.45. The molecule has 788 valence electrons. The lowest BCUT2D eigenvalue weighted by Gasteiger charge is -2.71. The summed E-state index contributed by atoms with van der Waals surface area (Å²) in [5, 5.41) is 10.5. The quantitative estimate of drug-likeness (QED) is 0.174. The fraction of sp³-hybridized carbons (Fsp3) is 0.774. The van der Waals surface area contributed by atoms with Gasteiger partial charge in [-0.25, -0.2) is 32.5 Å². The lowest BCUT2D eigenvalue weighted by Crippen LogP contribution is -2.71. The van der Waals surface area contributed by atoms with Crippen LogP contribution in [0.3, 0.4) is 0 Å². The topological polar surface area (TPSA) is 290 Å². The van der Waals surface area contributed by atoms with Crippen molar-refractivity contribution in [2.75, 3.05) is 13.4 Å². The van der Waals surface area contributed by atoms with E-state index < -0.39 is 70.3 Å². The van der Waals surface area contributed by atoms with Gasteiger partial charge in [0.15, 0.2) is 40.5 Å². The van der Waals surface area contributed by atoms with Crippen molar-refractivity contribution in [3.8, 4) is 0 Å². The molecule has 20 rings (SSSR count). The molecule has 13 saturated carbocycles. The number of ketones is 8. The summed E-state index contributed by atoms with van der Waals surface area (Å²) in [4.78, 5) is 151. The van der Waals surface area contributed by atoms with Crippen molar-refractivity contribution in [3.63, 3.8) is 0 Å². The van der Waals surface area contributed by atoms with E-state index in [2.05, 4.69) is 163 Å². The van der Waals surface area contributed by atoms with Crippen molar-refractivity contribution < 1.29 is 66.2 Å². The molecule has 0 aromatic heterocycles. The van der Waals surface area contributed by atoms with Crippen molar-refractivity contribution in [3.05, 3.63) is 128 Å². The molecule has 21 heteroatoms. The normalized spacial score (nSPS) is 47.1. The Kier molecular flexibility index (Phi) is 24.8. The molecule has 145 heavy (non-hydrogen) atoms. The molecule has 0 aliphatic heterocycles. The Morgan fingerprint density at radius 2 is 0.669 bits per heavy atom. The molecule has 20 aliphatic rings. The smallest absolute Gasteiger partial charge is 0.312 e. The lowest BCUT2D eigenvalue weighted by molar-refractivity contribution is -0.213. The summed E-state index contributed by atoms with van der Waals surface area (Å²) >= 11 is 0. The summed E-state index contributed by atoms with van der Waals surface area (Å²) in [7, 11) is -1.97. The average molecular weight is 2000 g/mol. The Morgan fingerprint density at radius 3 is 1.06 bits per heavy atom. The van der Waals surface area contributed by atoms with Gasteiger partial charge in [0.1, 0.15) is 5.78 Å². The van der Waals surface area contributed by atoms with E-state index in [9.17, 15) is 61.5 Å². The third-order valence-corrected chi connectivity index (χ3v) is 50.2. The predicted octanol–water partition coefficient (Wildman–Crippen LogP) is 25.6. The summed E-state index contributed by atoms with van der Waals surface area (Å²) in [5.74, 6) is -0.951. The van der Waals surface area contributed by atoms with Crippen molar-refractivity contribution in [1.82, 2.24) is 4.72 Å². The van der Waals surface area contributed by atoms with E-state index >= 15 is 0 Å². The number of carbonyl (C=O) groups excluding carboxylic acids is 9. The highest BCUT2D eigenvalue weighted by atomic mass is 32.2. The first-order valence-electron chi connectivity index (χ1n) is 55.4. The van der Waals surface area contributed by atoms with Gasteiger partial charge >= 0.3 is 11.9 Å². The van der Waals surface area contributed by atoms with Crippen LogP contribution in [0, 0.1) is 222 Å². The Bertz CT molecular complexity index is 6230. The molecule has 0 heterocycles. The van der Waals surface area contributed by atoms with Gasteiger partial charge in [-0.2, -0.15) is 0 Å². The molecule has 0 unspecified atom stereocenters. The average Bonchev–Trinajstić information content (AvgIpc) is 0.684. The van der Waals surface area contributed by atoms with Crippen LogP contribution in [0.25, 0.3) is 19.4 Å². The molecular formula is C124H172N6O14S. The summed E-state index contributed by atoms with van der Waals surface area (Å²) in [5.41, 5.74) is 2.78. The Morgan fingerprint density at radius 1 is 0.366 bits per heavy atom. The number of nitrogens with one attached hydrogen (secondary N) is 1. The number of carboxylic acids is 1. The molecule has 0 saturated heterocycles. The molecule has 0 aromatic carbocycles. The van der Waals surface area contributed by atoms with E-state index in [1.54, 1.807) is 0 Å². The van der Waals surface area contributed by atoms with E-state index in [4.69, 9.17) is 36.8 Å². The summed E-state index contributed by atoms with van der Waals surface area (Å²) in [6.07, 6.45) is 39.2. The highest BCUT2D eigenvalue weighted by Gasteiger charge is 2.78. The number of esters is 1. The molecule has 29 atom stereocenters. The molecule has 0 amide bonds. The molecule has 4 N–H and O–H groups in total. The van der Waals surface area contributed by atoms with Gasteiger partial charge in [-0.3, -0.25) is 28.8 Å². The lowest BCUT2D eigenvalue weighted by atomic mass is 9.32. The number of hydrogen-bond acceptors (Lipinski definition) is 14. The van der Waals surface area contributed by atoms with Crippen LogP contribution in [0.2, 0.25) is 0 Å². The Hall–Kier alpha value is -7.69. The summed E-state index contributed by atoms with van der Waals surface area (Å²) < 4.78 is 33.7. The number of allylic oxidation sites excluding steroid dienone is 14. The molecule has 20 nitrogen and oxygen atoms in total. The van der Waals surface area contributed by atoms with Gasteiger partial charge < -0.3 is 34.8 Å². The summed E-state index contributed by atoms with van der Waals surface area (Å²) in [6.45, 7) is 92.1. The highest BCUT2D eigenvalue weighted by molar-refractivity contribution is 7.88.